The highest BCUT2D eigenvalue weighted by molar-refractivity contribution is 6.33. The van der Waals surface area contributed by atoms with E-state index in [9.17, 15) is 13.2 Å². The van der Waals surface area contributed by atoms with Crippen molar-refractivity contribution in [3.05, 3.63) is 45.9 Å². The molecule has 7 heteroatoms. The lowest BCUT2D eigenvalue weighted by Gasteiger charge is -2.12. The van der Waals surface area contributed by atoms with Gasteiger partial charge in [-0.05, 0) is 24.6 Å². The van der Waals surface area contributed by atoms with Gasteiger partial charge in [0, 0.05) is 12.7 Å². The van der Waals surface area contributed by atoms with Crippen LogP contribution in [-0.2, 0) is 11.3 Å². The molecular weight excluding hydrogens is 305 g/mol. The lowest BCUT2D eigenvalue weighted by atomic mass is 10.1. The lowest BCUT2D eigenvalue weighted by molar-refractivity contribution is 0.181. The average molecular weight is 317 g/mol. The number of nitrogens with two attached hydrogens (primary N) is 1. The number of nitrogens with zero attached hydrogens (tertiary/aromatic N) is 1. The molecule has 0 aliphatic carbocycles. The zero-order valence-electron chi connectivity index (χ0n) is 11.3. The van der Waals surface area contributed by atoms with E-state index in [-0.39, 0.29) is 34.1 Å². The Morgan fingerprint density at radius 2 is 1.90 bits per heavy atom. The van der Waals surface area contributed by atoms with Gasteiger partial charge in [-0.15, -0.1) is 0 Å². The molecule has 21 heavy (non-hydrogen) atoms. The first kappa shape index (κ1) is 15.6. The number of methoxy groups -OCH3 is 1. The van der Waals surface area contributed by atoms with Crippen molar-refractivity contribution in [3.8, 4) is 11.3 Å². The lowest BCUT2D eigenvalue weighted by Crippen LogP contribution is -2.05. The monoisotopic (exact) mass is 316 g/mol. The molecule has 2 rings (SSSR count). The summed E-state index contributed by atoms with van der Waals surface area (Å²) in [5, 5.41) is -0.105. The molecule has 2 aromatic rings. The van der Waals surface area contributed by atoms with Crippen LogP contribution in [-0.4, -0.2) is 12.1 Å². The van der Waals surface area contributed by atoms with Crippen molar-refractivity contribution in [2.24, 2.45) is 0 Å². The standard InChI is InChI=1S/C14H12ClF3N2O/c1-6-3-9(17)7(4-8(6)16)14-12(18)13(19)11(15)10(20-14)5-21-2/h3-4H,5H2,1-2H3,(H2,19,20). The fourth-order valence-electron chi connectivity index (χ4n) is 1.85. The van der Waals surface area contributed by atoms with Gasteiger partial charge in [-0.1, -0.05) is 11.6 Å². The van der Waals surface area contributed by atoms with Gasteiger partial charge in [0.2, 0.25) is 0 Å². The zero-order valence-corrected chi connectivity index (χ0v) is 12.1. The molecule has 0 atom stereocenters. The predicted molar refractivity (Wildman–Crippen MR) is 74.4 cm³/mol. The van der Waals surface area contributed by atoms with E-state index in [1.165, 1.54) is 14.0 Å². The van der Waals surface area contributed by atoms with E-state index in [4.69, 9.17) is 22.1 Å². The maximum absolute atomic E-state index is 14.2. The molecule has 0 saturated carbocycles. The smallest absolute Gasteiger partial charge is 0.173 e. The highest BCUT2D eigenvalue weighted by Crippen LogP contribution is 2.34. The van der Waals surface area contributed by atoms with Gasteiger partial charge in [0.25, 0.3) is 0 Å². The van der Waals surface area contributed by atoms with Crippen molar-refractivity contribution < 1.29 is 17.9 Å². The maximum Gasteiger partial charge on any atom is 0.173 e. The number of ether oxygens (including phenoxy) is 1. The number of anilines is 1. The molecule has 1 aromatic heterocycles. The molecule has 0 bridgehead atoms. The minimum absolute atomic E-state index is 0.0354. The molecule has 0 radical (unpaired) electrons. The third-order valence-corrected chi connectivity index (χ3v) is 3.39. The molecule has 2 N–H and O–H groups in total. The first-order valence-electron chi connectivity index (χ1n) is 5.95. The average Bonchev–Trinajstić information content (AvgIpc) is 2.44. The molecule has 0 saturated heterocycles. The topological polar surface area (TPSA) is 48.1 Å². The van der Waals surface area contributed by atoms with E-state index >= 15 is 0 Å². The van der Waals surface area contributed by atoms with Gasteiger partial charge < -0.3 is 10.5 Å². The van der Waals surface area contributed by atoms with E-state index in [0.29, 0.717) is 0 Å². The summed E-state index contributed by atoms with van der Waals surface area (Å²) in [6, 6.07) is 1.84. The quantitative estimate of drug-likeness (QED) is 0.935. The van der Waals surface area contributed by atoms with Gasteiger partial charge >= 0.3 is 0 Å². The Bertz CT molecular complexity index is 707. The fourth-order valence-corrected chi connectivity index (χ4v) is 2.03. The number of aryl methyl sites for hydroxylation is 1. The number of benzene rings is 1. The largest absolute Gasteiger partial charge is 0.395 e. The number of nitrogen functional groups attached to an aromatic ring is 1. The zero-order chi connectivity index (χ0) is 15.7. The number of hydrogen-bond acceptors (Lipinski definition) is 3. The van der Waals surface area contributed by atoms with Crippen LogP contribution >= 0.6 is 11.6 Å². The second-order valence-corrected chi connectivity index (χ2v) is 4.84. The summed E-state index contributed by atoms with van der Waals surface area (Å²) in [5.74, 6) is -2.47. The third kappa shape index (κ3) is 2.82. The third-order valence-electron chi connectivity index (χ3n) is 2.97. The SMILES string of the molecule is COCc1nc(-c2cc(F)c(C)cc2F)c(F)c(N)c1Cl. The second kappa shape index (κ2) is 5.91. The van der Waals surface area contributed by atoms with Gasteiger partial charge in [0.05, 0.1) is 23.0 Å². The molecule has 1 heterocycles. The van der Waals surface area contributed by atoms with Crippen molar-refractivity contribution in [1.29, 1.82) is 0 Å². The number of aromatic nitrogens is 1. The summed E-state index contributed by atoms with van der Waals surface area (Å²) >= 11 is 5.86. The van der Waals surface area contributed by atoms with E-state index in [2.05, 4.69) is 4.98 Å². The van der Waals surface area contributed by atoms with Crippen LogP contribution in [0.2, 0.25) is 5.02 Å². The van der Waals surface area contributed by atoms with Gasteiger partial charge in [-0.2, -0.15) is 0 Å². The highest BCUT2D eigenvalue weighted by atomic mass is 35.5. The molecule has 1 aromatic carbocycles. The minimum Gasteiger partial charge on any atom is -0.395 e. The molecule has 3 nitrogen and oxygen atoms in total. The van der Waals surface area contributed by atoms with Crippen LogP contribution in [0.25, 0.3) is 11.3 Å². The number of halogens is 4. The molecule has 0 fully saturated rings. The van der Waals surface area contributed by atoms with Crippen LogP contribution in [0.15, 0.2) is 12.1 Å². The Hall–Kier alpha value is -1.79. The van der Waals surface area contributed by atoms with Crippen LogP contribution < -0.4 is 5.73 Å². The van der Waals surface area contributed by atoms with Crippen molar-refractivity contribution in [1.82, 2.24) is 4.98 Å². The van der Waals surface area contributed by atoms with E-state index in [1.54, 1.807) is 0 Å². The Kier molecular flexibility index (Phi) is 4.39. The van der Waals surface area contributed by atoms with Crippen molar-refractivity contribution >= 4 is 17.3 Å². The molecule has 0 amide bonds. The van der Waals surface area contributed by atoms with Gasteiger partial charge in [0.1, 0.15) is 17.3 Å². The molecule has 0 spiro atoms. The Morgan fingerprint density at radius 1 is 1.24 bits per heavy atom. The summed E-state index contributed by atoms with van der Waals surface area (Å²) in [6.07, 6.45) is 0. The Labute approximate surface area is 124 Å². The fraction of sp³-hybridized carbons (Fsp3) is 0.214. The first-order valence-corrected chi connectivity index (χ1v) is 6.32. The second-order valence-electron chi connectivity index (χ2n) is 4.46. The molecule has 0 aliphatic rings. The number of pyridine rings is 1. The first-order chi connectivity index (χ1) is 9.86. The summed E-state index contributed by atoms with van der Waals surface area (Å²) in [4.78, 5) is 3.91. The van der Waals surface area contributed by atoms with E-state index in [0.717, 1.165) is 12.1 Å². The number of rotatable bonds is 3. The summed E-state index contributed by atoms with van der Waals surface area (Å²) < 4.78 is 46.6. The van der Waals surface area contributed by atoms with E-state index in [1.807, 2.05) is 0 Å². The Morgan fingerprint density at radius 3 is 2.52 bits per heavy atom. The molecule has 0 unspecified atom stereocenters. The summed E-state index contributed by atoms with van der Waals surface area (Å²) in [5.41, 5.74) is 4.70. The van der Waals surface area contributed by atoms with Crippen LogP contribution in [0, 0.1) is 24.4 Å². The molecular formula is C14H12ClF3N2O. The van der Waals surface area contributed by atoms with Crippen molar-refractivity contribution in [2.45, 2.75) is 13.5 Å². The van der Waals surface area contributed by atoms with Crippen LogP contribution in [0.3, 0.4) is 0 Å². The summed E-state index contributed by atoms with van der Waals surface area (Å²) in [7, 11) is 1.39. The van der Waals surface area contributed by atoms with Gasteiger partial charge in [0.15, 0.2) is 5.82 Å². The molecule has 0 aliphatic heterocycles. The minimum atomic E-state index is -0.998. The van der Waals surface area contributed by atoms with Crippen LogP contribution in [0.4, 0.5) is 18.9 Å². The van der Waals surface area contributed by atoms with E-state index < -0.39 is 23.1 Å². The molecule has 112 valence electrons. The van der Waals surface area contributed by atoms with Crippen molar-refractivity contribution in [3.63, 3.8) is 0 Å². The van der Waals surface area contributed by atoms with Crippen LogP contribution in [0.1, 0.15) is 11.3 Å². The summed E-state index contributed by atoms with van der Waals surface area (Å²) in [6.45, 7) is 1.37. The van der Waals surface area contributed by atoms with Gasteiger partial charge in [-0.3, -0.25) is 0 Å². The van der Waals surface area contributed by atoms with Crippen LogP contribution in [0.5, 0.6) is 0 Å². The van der Waals surface area contributed by atoms with Crippen molar-refractivity contribution in [2.75, 3.05) is 12.8 Å². The highest BCUT2D eigenvalue weighted by Gasteiger charge is 2.21. The predicted octanol–water partition coefficient (Wildman–Crippen LogP) is 3.86. The van der Waals surface area contributed by atoms with Gasteiger partial charge in [-0.25, -0.2) is 18.2 Å². The Balaban J connectivity index is 2.72. The normalized spacial score (nSPS) is 11.0. The maximum atomic E-state index is 14.2. The number of hydrogen-bond donors (Lipinski definition) is 1.